The van der Waals surface area contributed by atoms with Gasteiger partial charge < -0.3 is 9.64 Å². The Hall–Kier alpha value is -3.01. The van der Waals surface area contributed by atoms with Crippen LogP contribution in [0.4, 0.5) is 0 Å². The number of hydrogen-bond acceptors (Lipinski definition) is 5. The number of morpholine rings is 1. The van der Waals surface area contributed by atoms with Gasteiger partial charge in [-0.05, 0) is 36.2 Å². The molecule has 2 aromatic carbocycles. The fraction of sp³-hybridized carbons (Fsp3) is 0.333. The molecule has 4 rings (SSSR count). The lowest BCUT2D eigenvalue weighted by Gasteiger charge is -2.27. The minimum Gasteiger partial charge on any atom is -0.379 e. The predicted molar refractivity (Wildman–Crippen MR) is 125 cm³/mol. The number of nitrogens with zero attached hydrogens (tertiary/aromatic N) is 4. The van der Waals surface area contributed by atoms with Crippen molar-refractivity contribution >= 4 is 15.9 Å². The standard InChI is InChI=1S/C24H28N4O4S/c1-3-20-9-10-21(15-23(20)33(30,31)27-11-13-32-14-12-27)24(29)26(2)17-19-16-25-28(18-19)22-7-5-4-6-8-22/h4-10,15-16,18H,3,11-14,17H2,1-2H3. The van der Waals surface area contributed by atoms with Crippen LogP contribution in [-0.2, 0) is 27.7 Å². The molecule has 9 heteroatoms. The number of sulfonamides is 1. The molecule has 0 saturated carbocycles. The van der Waals surface area contributed by atoms with Gasteiger partial charge in [0.05, 0.1) is 30.0 Å². The van der Waals surface area contributed by atoms with Gasteiger partial charge in [0.25, 0.3) is 5.91 Å². The number of aromatic nitrogens is 2. The third-order valence-electron chi connectivity index (χ3n) is 5.71. The molecule has 174 valence electrons. The Bertz CT molecular complexity index is 1220. The van der Waals surface area contributed by atoms with Crippen LogP contribution in [0.1, 0.15) is 28.4 Å². The van der Waals surface area contributed by atoms with Gasteiger partial charge in [-0.3, -0.25) is 4.79 Å². The molecular weight excluding hydrogens is 440 g/mol. The average molecular weight is 469 g/mol. The van der Waals surface area contributed by atoms with Crippen molar-refractivity contribution in [2.45, 2.75) is 24.8 Å². The van der Waals surface area contributed by atoms with E-state index in [0.29, 0.717) is 50.4 Å². The van der Waals surface area contributed by atoms with Crippen LogP contribution in [0.5, 0.6) is 0 Å². The molecule has 0 N–H and O–H groups in total. The van der Waals surface area contributed by atoms with Crippen LogP contribution >= 0.6 is 0 Å². The number of carbonyl (C=O) groups is 1. The molecule has 1 fully saturated rings. The Balaban J connectivity index is 1.54. The summed E-state index contributed by atoms with van der Waals surface area (Å²) in [5.41, 5.74) is 2.86. The second kappa shape index (κ2) is 9.86. The van der Waals surface area contributed by atoms with Crippen LogP contribution in [0, 0.1) is 0 Å². The molecule has 3 aromatic rings. The minimum absolute atomic E-state index is 0.197. The van der Waals surface area contributed by atoms with Gasteiger partial charge >= 0.3 is 0 Å². The van der Waals surface area contributed by atoms with Gasteiger partial charge in [0.2, 0.25) is 10.0 Å². The summed E-state index contributed by atoms with van der Waals surface area (Å²) in [7, 11) is -2.00. The number of carbonyl (C=O) groups excluding carboxylic acids is 1. The SMILES string of the molecule is CCc1ccc(C(=O)N(C)Cc2cnn(-c3ccccc3)c2)cc1S(=O)(=O)N1CCOCC1. The lowest BCUT2D eigenvalue weighted by molar-refractivity contribution is 0.0729. The highest BCUT2D eigenvalue weighted by molar-refractivity contribution is 7.89. The molecule has 1 aliphatic heterocycles. The van der Waals surface area contributed by atoms with E-state index in [1.165, 1.54) is 10.4 Å². The van der Waals surface area contributed by atoms with Crippen LogP contribution in [0.25, 0.3) is 5.69 Å². The maximum atomic E-state index is 13.3. The van der Waals surface area contributed by atoms with Crippen molar-refractivity contribution in [3.8, 4) is 5.69 Å². The minimum atomic E-state index is -3.70. The first-order valence-corrected chi connectivity index (χ1v) is 12.4. The van der Waals surface area contributed by atoms with Gasteiger partial charge in [0, 0.05) is 44.0 Å². The smallest absolute Gasteiger partial charge is 0.253 e. The quantitative estimate of drug-likeness (QED) is 0.532. The topological polar surface area (TPSA) is 84.7 Å². The van der Waals surface area contributed by atoms with E-state index < -0.39 is 10.0 Å². The van der Waals surface area contributed by atoms with Gasteiger partial charge in [0.1, 0.15) is 0 Å². The van der Waals surface area contributed by atoms with Gasteiger partial charge in [0.15, 0.2) is 0 Å². The highest BCUT2D eigenvalue weighted by atomic mass is 32.2. The van der Waals surface area contributed by atoms with Crippen molar-refractivity contribution in [2.75, 3.05) is 33.4 Å². The third kappa shape index (κ3) is 5.00. The Morgan fingerprint density at radius 3 is 2.55 bits per heavy atom. The van der Waals surface area contributed by atoms with E-state index in [2.05, 4.69) is 5.10 Å². The molecule has 1 aliphatic rings. The molecule has 0 unspecified atom stereocenters. The zero-order chi connectivity index (χ0) is 23.4. The van der Waals surface area contributed by atoms with Crippen molar-refractivity contribution in [3.05, 3.63) is 77.6 Å². The van der Waals surface area contributed by atoms with Crippen LogP contribution in [0.2, 0.25) is 0 Å². The molecule has 8 nitrogen and oxygen atoms in total. The summed E-state index contributed by atoms with van der Waals surface area (Å²) in [6, 6.07) is 14.7. The maximum absolute atomic E-state index is 13.3. The summed E-state index contributed by atoms with van der Waals surface area (Å²) < 4.78 is 35.0. The number of para-hydroxylation sites is 1. The highest BCUT2D eigenvalue weighted by Crippen LogP contribution is 2.24. The van der Waals surface area contributed by atoms with Gasteiger partial charge in [-0.1, -0.05) is 31.2 Å². The average Bonchev–Trinajstić information content (AvgIpc) is 3.32. The molecule has 2 heterocycles. The van der Waals surface area contributed by atoms with E-state index in [9.17, 15) is 13.2 Å². The number of rotatable bonds is 7. The summed E-state index contributed by atoms with van der Waals surface area (Å²) in [5.74, 6) is -0.247. The van der Waals surface area contributed by atoms with E-state index in [4.69, 9.17) is 4.74 Å². The Morgan fingerprint density at radius 2 is 1.85 bits per heavy atom. The van der Waals surface area contributed by atoms with Crippen molar-refractivity contribution in [1.29, 1.82) is 0 Å². The molecule has 0 aliphatic carbocycles. The van der Waals surface area contributed by atoms with Crippen LogP contribution in [0.3, 0.4) is 0 Å². The Kier molecular flexibility index (Phi) is 6.92. The normalized spacial score (nSPS) is 14.8. The van der Waals surface area contributed by atoms with E-state index >= 15 is 0 Å². The largest absolute Gasteiger partial charge is 0.379 e. The molecule has 1 aromatic heterocycles. The van der Waals surface area contributed by atoms with Gasteiger partial charge in [-0.15, -0.1) is 0 Å². The number of hydrogen-bond donors (Lipinski definition) is 0. The lowest BCUT2D eigenvalue weighted by Crippen LogP contribution is -2.41. The van der Waals surface area contributed by atoms with E-state index in [1.807, 2.05) is 43.5 Å². The molecule has 1 saturated heterocycles. The van der Waals surface area contributed by atoms with Crippen LogP contribution < -0.4 is 0 Å². The number of benzene rings is 2. The number of aryl methyl sites for hydroxylation is 1. The molecule has 0 atom stereocenters. The first-order chi connectivity index (χ1) is 15.9. The number of ether oxygens (including phenoxy) is 1. The Morgan fingerprint density at radius 1 is 1.12 bits per heavy atom. The molecule has 0 spiro atoms. The van der Waals surface area contributed by atoms with Crippen molar-refractivity contribution in [1.82, 2.24) is 19.0 Å². The lowest BCUT2D eigenvalue weighted by atomic mass is 10.1. The molecule has 0 bridgehead atoms. The van der Waals surface area contributed by atoms with Crippen LogP contribution in [0.15, 0.2) is 65.8 Å². The monoisotopic (exact) mass is 468 g/mol. The molecule has 0 radical (unpaired) electrons. The first kappa shape index (κ1) is 23.2. The summed E-state index contributed by atoms with van der Waals surface area (Å²) >= 11 is 0. The zero-order valence-corrected chi connectivity index (χ0v) is 19.7. The summed E-state index contributed by atoms with van der Waals surface area (Å²) in [6.45, 7) is 3.64. The fourth-order valence-corrected chi connectivity index (χ4v) is 5.60. The number of amides is 1. The van der Waals surface area contributed by atoms with Crippen molar-refractivity contribution in [3.63, 3.8) is 0 Å². The maximum Gasteiger partial charge on any atom is 0.253 e. The second-order valence-electron chi connectivity index (χ2n) is 7.98. The fourth-order valence-electron chi connectivity index (χ4n) is 3.88. The highest BCUT2D eigenvalue weighted by Gasteiger charge is 2.29. The molecule has 33 heavy (non-hydrogen) atoms. The summed E-state index contributed by atoms with van der Waals surface area (Å²) in [5, 5.41) is 4.38. The third-order valence-corrected chi connectivity index (χ3v) is 7.69. The van der Waals surface area contributed by atoms with Gasteiger partial charge in [-0.2, -0.15) is 9.40 Å². The second-order valence-corrected chi connectivity index (χ2v) is 9.89. The first-order valence-electron chi connectivity index (χ1n) is 11.0. The van der Waals surface area contributed by atoms with Crippen molar-refractivity contribution in [2.24, 2.45) is 0 Å². The van der Waals surface area contributed by atoms with E-state index in [1.54, 1.807) is 35.0 Å². The summed E-state index contributed by atoms with van der Waals surface area (Å²) in [6.07, 6.45) is 4.17. The van der Waals surface area contributed by atoms with Crippen molar-refractivity contribution < 1.29 is 17.9 Å². The van der Waals surface area contributed by atoms with E-state index in [0.717, 1.165) is 11.3 Å². The van der Waals surface area contributed by atoms with Crippen LogP contribution in [-0.4, -0.2) is 66.7 Å². The van der Waals surface area contributed by atoms with E-state index in [-0.39, 0.29) is 10.8 Å². The zero-order valence-electron chi connectivity index (χ0n) is 18.8. The predicted octanol–water partition coefficient (Wildman–Crippen LogP) is 2.73. The molecule has 1 amide bonds. The Labute approximate surface area is 194 Å². The summed E-state index contributed by atoms with van der Waals surface area (Å²) in [4.78, 5) is 14.9. The molecular formula is C24H28N4O4S. The van der Waals surface area contributed by atoms with Gasteiger partial charge in [-0.25, -0.2) is 13.1 Å².